The predicted molar refractivity (Wildman–Crippen MR) is 112 cm³/mol. The molecule has 0 radical (unpaired) electrons. The van der Waals surface area contributed by atoms with Gasteiger partial charge in [-0.1, -0.05) is 19.1 Å². The van der Waals surface area contributed by atoms with Gasteiger partial charge in [0, 0.05) is 11.4 Å². The molecule has 0 unspecified atom stereocenters. The second-order valence-electron chi connectivity index (χ2n) is 7.84. The Morgan fingerprint density at radius 3 is 2.82 bits per heavy atom. The van der Waals surface area contributed by atoms with Gasteiger partial charge >= 0.3 is 0 Å². The fourth-order valence-electron chi connectivity index (χ4n) is 4.18. The van der Waals surface area contributed by atoms with Gasteiger partial charge in [-0.2, -0.15) is 0 Å². The summed E-state index contributed by atoms with van der Waals surface area (Å²) in [5, 5.41) is 9.55. The third kappa shape index (κ3) is 2.99. The van der Waals surface area contributed by atoms with E-state index in [9.17, 15) is 0 Å². The van der Waals surface area contributed by atoms with Crippen LogP contribution in [0.3, 0.4) is 0 Å². The molecule has 0 saturated heterocycles. The number of nitrogens with zero attached hydrogens (tertiary/aromatic N) is 3. The molecule has 1 aliphatic carbocycles. The third-order valence-electron chi connectivity index (χ3n) is 5.84. The fourth-order valence-corrected chi connectivity index (χ4v) is 4.18. The van der Waals surface area contributed by atoms with Gasteiger partial charge in [-0.15, -0.1) is 5.10 Å². The van der Waals surface area contributed by atoms with E-state index >= 15 is 0 Å². The summed E-state index contributed by atoms with van der Waals surface area (Å²) in [6.07, 6.45) is 6.85. The number of fused-ring (bicyclic) bond motifs is 2. The Morgan fingerprint density at radius 2 is 2.00 bits per heavy atom. The lowest BCUT2D eigenvalue weighted by molar-refractivity contribution is 0.360. The van der Waals surface area contributed by atoms with Crippen molar-refractivity contribution in [3.63, 3.8) is 0 Å². The minimum absolute atomic E-state index is 0.505. The zero-order valence-electron chi connectivity index (χ0n) is 16.3. The fraction of sp³-hybridized carbons (Fsp3) is 0.364. The largest absolute Gasteiger partial charge is 0.495 e. The lowest BCUT2D eigenvalue weighted by Crippen LogP contribution is -2.25. The first-order chi connectivity index (χ1) is 13.7. The maximum absolute atomic E-state index is 5.48. The van der Waals surface area contributed by atoms with Crippen molar-refractivity contribution >= 4 is 22.4 Å². The normalized spacial score (nSPS) is 19.9. The smallest absolute Gasteiger partial charge is 0.154 e. The molecule has 1 aromatic carbocycles. The monoisotopic (exact) mass is 375 g/mol. The molecule has 28 heavy (non-hydrogen) atoms. The Labute approximate surface area is 163 Å². The molecule has 0 atom stereocenters. The van der Waals surface area contributed by atoms with Crippen molar-refractivity contribution < 1.29 is 4.74 Å². The molecule has 2 N–H and O–H groups in total. The van der Waals surface area contributed by atoms with E-state index in [-0.39, 0.29) is 0 Å². The summed E-state index contributed by atoms with van der Waals surface area (Å²) < 4.78 is 7.39. The molecule has 1 aliphatic rings. The molecule has 0 amide bonds. The second-order valence-corrected chi connectivity index (χ2v) is 7.84. The van der Waals surface area contributed by atoms with Crippen molar-refractivity contribution in [3.05, 3.63) is 42.6 Å². The van der Waals surface area contributed by atoms with Crippen LogP contribution in [0.1, 0.15) is 32.6 Å². The maximum atomic E-state index is 5.48. The molecule has 3 aromatic heterocycles. The summed E-state index contributed by atoms with van der Waals surface area (Å²) >= 11 is 0. The molecule has 6 nitrogen and oxygen atoms in total. The van der Waals surface area contributed by atoms with Crippen molar-refractivity contribution in [2.24, 2.45) is 5.92 Å². The van der Waals surface area contributed by atoms with Gasteiger partial charge < -0.3 is 15.0 Å². The van der Waals surface area contributed by atoms with Crippen LogP contribution in [0.2, 0.25) is 0 Å². The Bertz CT molecular complexity index is 1120. The molecule has 0 bridgehead atoms. The number of ether oxygens (including phenoxy) is 1. The molecule has 3 heterocycles. The molecule has 1 fully saturated rings. The van der Waals surface area contributed by atoms with Gasteiger partial charge in [0.1, 0.15) is 17.3 Å². The molecule has 4 aromatic rings. The van der Waals surface area contributed by atoms with E-state index in [1.807, 2.05) is 35.0 Å². The number of hydrogen-bond acceptors (Lipinski definition) is 4. The number of methoxy groups -OCH3 is 1. The zero-order valence-corrected chi connectivity index (χ0v) is 16.3. The summed E-state index contributed by atoms with van der Waals surface area (Å²) in [7, 11) is 1.69. The molecule has 0 spiro atoms. The van der Waals surface area contributed by atoms with E-state index in [2.05, 4.69) is 34.3 Å². The summed E-state index contributed by atoms with van der Waals surface area (Å²) in [4.78, 5) is 8.00. The van der Waals surface area contributed by atoms with Gasteiger partial charge in [0.25, 0.3) is 0 Å². The highest BCUT2D eigenvalue weighted by molar-refractivity contribution is 5.90. The van der Waals surface area contributed by atoms with Crippen LogP contribution in [-0.4, -0.2) is 32.7 Å². The Balaban J connectivity index is 1.50. The van der Waals surface area contributed by atoms with Gasteiger partial charge in [-0.05, 0) is 55.9 Å². The molecule has 1 saturated carbocycles. The number of hydrogen-bond donors (Lipinski definition) is 2. The molecular formula is C22H25N5O. The Kier molecular flexibility index (Phi) is 4.19. The van der Waals surface area contributed by atoms with E-state index in [1.54, 1.807) is 7.11 Å². The lowest BCUT2D eigenvalue weighted by atomic mass is 9.87. The summed E-state index contributed by atoms with van der Waals surface area (Å²) in [6.45, 7) is 2.34. The van der Waals surface area contributed by atoms with Crippen molar-refractivity contribution in [1.29, 1.82) is 0 Å². The second kappa shape index (κ2) is 6.86. The van der Waals surface area contributed by atoms with Gasteiger partial charge in [0.05, 0.1) is 24.5 Å². The number of benzene rings is 1. The van der Waals surface area contributed by atoms with Crippen LogP contribution in [0.15, 0.2) is 42.6 Å². The standard InChI is InChI=1S/C22H25N5O/c1-14-6-8-16(9-7-14)24-20-10-11-21-23-13-18(27(21)26-20)17-12-15-4-3-5-19(28-2)22(15)25-17/h3-5,10-14,16,25H,6-9H2,1-2H3,(H,24,26)/t14-,16-. The minimum Gasteiger partial charge on any atom is -0.495 e. The third-order valence-corrected chi connectivity index (χ3v) is 5.84. The topological polar surface area (TPSA) is 67.2 Å². The Morgan fingerprint density at radius 1 is 1.14 bits per heavy atom. The van der Waals surface area contributed by atoms with E-state index < -0.39 is 0 Å². The van der Waals surface area contributed by atoms with E-state index in [1.165, 1.54) is 25.7 Å². The van der Waals surface area contributed by atoms with E-state index in [0.29, 0.717) is 6.04 Å². The van der Waals surface area contributed by atoms with Crippen molar-refractivity contribution in [2.45, 2.75) is 38.6 Å². The van der Waals surface area contributed by atoms with Crippen molar-refractivity contribution in [2.75, 3.05) is 12.4 Å². The molecule has 144 valence electrons. The summed E-state index contributed by atoms with van der Waals surface area (Å²) in [5.41, 5.74) is 3.74. The Hall–Kier alpha value is -3.02. The van der Waals surface area contributed by atoms with Gasteiger partial charge in [-0.25, -0.2) is 9.50 Å². The summed E-state index contributed by atoms with van der Waals surface area (Å²) in [5.74, 6) is 2.58. The predicted octanol–water partition coefficient (Wildman–Crippen LogP) is 4.88. The maximum Gasteiger partial charge on any atom is 0.154 e. The van der Waals surface area contributed by atoms with Crippen LogP contribution in [-0.2, 0) is 0 Å². The highest BCUT2D eigenvalue weighted by Crippen LogP contribution is 2.30. The number of para-hydroxylation sites is 1. The average molecular weight is 375 g/mol. The molecular weight excluding hydrogens is 350 g/mol. The number of aromatic nitrogens is 4. The molecule has 0 aliphatic heterocycles. The molecule has 6 heteroatoms. The number of rotatable bonds is 4. The first-order valence-electron chi connectivity index (χ1n) is 9.98. The summed E-state index contributed by atoms with van der Waals surface area (Å²) in [6, 6.07) is 12.7. The number of anilines is 1. The van der Waals surface area contributed by atoms with Crippen molar-refractivity contribution in [1.82, 2.24) is 19.6 Å². The van der Waals surface area contributed by atoms with Gasteiger partial charge in [0.2, 0.25) is 0 Å². The van der Waals surface area contributed by atoms with Crippen LogP contribution in [0, 0.1) is 5.92 Å². The SMILES string of the molecule is COc1cccc2cc(-c3cnc4ccc(N[C@H]5CC[C@H](C)CC5)nn34)[nH]c12. The number of aromatic amines is 1. The zero-order chi connectivity index (χ0) is 19.1. The van der Waals surface area contributed by atoms with E-state index in [4.69, 9.17) is 9.84 Å². The molecule has 5 rings (SSSR count). The van der Waals surface area contributed by atoms with Crippen LogP contribution < -0.4 is 10.1 Å². The lowest BCUT2D eigenvalue weighted by Gasteiger charge is -2.27. The van der Waals surface area contributed by atoms with Gasteiger partial charge in [-0.3, -0.25) is 0 Å². The first-order valence-corrected chi connectivity index (χ1v) is 9.98. The quantitative estimate of drug-likeness (QED) is 0.534. The van der Waals surface area contributed by atoms with Crippen LogP contribution in [0.25, 0.3) is 27.9 Å². The van der Waals surface area contributed by atoms with Crippen LogP contribution >= 0.6 is 0 Å². The highest BCUT2D eigenvalue weighted by Gasteiger charge is 2.19. The highest BCUT2D eigenvalue weighted by atomic mass is 16.5. The average Bonchev–Trinajstić information content (AvgIpc) is 3.33. The minimum atomic E-state index is 0.505. The van der Waals surface area contributed by atoms with Crippen molar-refractivity contribution in [3.8, 4) is 17.1 Å². The van der Waals surface area contributed by atoms with Crippen LogP contribution in [0.4, 0.5) is 5.82 Å². The number of imidazole rings is 1. The first kappa shape index (κ1) is 17.1. The number of H-pyrrole nitrogens is 1. The van der Waals surface area contributed by atoms with Crippen LogP contribution in [0.5, 0.6) is 5.75 Å². The number of nitrogens with one attached hydrogen (secondary N) is 2. The van der Waals surface area contributed by atoms with Gasteiger partial charge in [0.15, 0.2) is 5.65 Å². The van der Waals surface area contributed by atoms with E-state index in [0.717, 1.165) is 45.4 Å².